The van der Waals surface area contributed by atoms with E-state index in [-0.39, 0.29) is 11.9 Å². The predicted octanol–water partition coefficient (Wildman–Crippen LogP) is 3.47. The molecule has 2 aromatic rings. The number of halogens is 3. The fraction of sp³-hybridized carbons (Fsp3) is 0.600. The first-order valence-electron chi connectivity index (χ1n) is 9.85. The number of hydrogen-bond acceptors (Lipinski definition) is 3. The number of likely N-dealkylation sites (tertiary alicyclic amines) is 1. The van der Waals surface area contributed by atoms with Crippen LogP contribution in [0.4, 0.5) is 13.2 Å². The summed E-state index contributed by atoms with van der Waals surface area (Å²) in [7, 11) is 1.81. The lowest BCUT2D eigenvalue weighted by molar-refractivity contribution is -0.137. The number of nitrogens with one attached hydrogen (secondary N) is 1. The molecule has 0 spiro atoms. The molecule has 1 aliphatic heterocycles. The summed E-state index contributed by atoms with van der Waals surface area (Å²) in [5, 5.41) is 3.45. The third kappa shape index (κ3) is 4.16. The maximum Gasteiger partial charge on any atom is 0.416 e. The van der Waals surface area contributed by atoms with Crippen molar-refractivity contribution in [2.24, 2.45) is 13.0 Å². The van der Waals surface area contributed by atoms with E-state index < -0.39 is 11.7 Å². The molecular formula is C20H25F3N4O. The van der Waals surface area contributed by atoms with Gasteiger partial charge in [-0.25, -0.2) is 4.98 Å². The van der Waals surface area contributed by atoms with Crippen molar-refractivity contribution in [1.82, 2.24) is 19.8 Å². The van der Waals surface area contributed by atoms with Gasteiger partial charge in [-0.05, 0) is 49.8 Å². The molecule has 1 atom stereocenters. The van der Waals surface area contributed by atoms with Crippen molar-refractivity contribution in [3.8, 4) is 0 Å². The maximum atomic E-state index is 12.9. The van der Waals surface area contributed by atoms with Gasteiger partial charge >= 0.3 is 6.18 Å². The van der Waals surface area contributed by atoms with E-state index in [1.54, 1.807) is 0 Å². The number of fused-ring (bicyclic) bond motifs is 1. The highest BCUT2D eigenvalue weighted by atomic mass is 19.4. The molecule has 8 heteroatoms. The van der Waals surface area contributed by atoms with E-state index in [0.29, 0.717) is 35.7 Å². The molecule has 1 aromatic carbocycles. The van der Waals surface area contributed by atoms with Crippen LogP contribution in [0, 0.1) is 5.92 Å². The number of alkyl halides is 3. The quantitative estimate of drug-likeness (QED) is 0.845. The van der Waals surface area contributed by atoms with E-state index in [9.17, 15) is 18.0 Å². The number of carbonyl (C=O) groups is 1. The molecule has 1 aliphatic carbocycles. The number of aromatic nitrogens is 2. The SMILES string of the molecule is Cn1c(CNC2CCC(=O)N(CC3CC3)CC2)nc2cc(C(F)(F)F)ccc21. The van der Waals surface area contributed by atoms with Crippen molar-refractivity contribution >= 4 is 16.9 Å². The van der Waals surface area contributed by atoms with Crippen LogP contribution in [-0.2, 0) is 24.6 Å². The number of carbonyl (C=O) groups excluding carboxylic acids is 1. The van der Waals surface area contributed by atoms with Gasteiger partial charge in [0.1, 0.15) is 5.82 Å². The fourth-order valence-electron chi connectivity index (χ4n) is 3.87. The molecule has 0 bridgehead atoms. The standard InChI is InChI=1S/C20H25F3N4O/c1-26-17-6-4-14(20(21,22)23)10-16(17)25-18(26)11-24-15-5-7-19(28)27(9-8-15)12-13-2-3-13/h4,6,10,13,15,24H,2-3,5,7-9,11-12H2,1H3. The first-order valence-corrected chi connectivity index (χ1v) is 9.85. The summed E-state index contributed by atoms with van der Waals surface area (Å²) >= 11 is 0. The van der Waals surface area contributed by atoms with E-state index in [1.165, 1.54) is 18.9 Å². The van der Waals surface area contributed by atoms with Gasteiger partial charge in [-0.3, -0.25) is 4.79 Å². The summed E-state index contributed by atoms with van der Waals surface area (Å²) in [4.78, 5) is 18.7. The van der Waals surface area contributed by atoms with Crippen molar-refractivity contribution in [3.63, 3.8) is 0 Å². The molecule has 2 aliphatic rings. The van der Waals surface area contributed by atoms with Gasteiger partial charge in [-0.15, -0.1) is 0 Å². The summed E-state index contributed by atoms with van der Waals surface area (Å²) in [6.45, 7) is 2.12. The normalized spacial score (nSPS) is 21.4. The highest BCUT2D eigenvalue weighted by Crippen LogP contribution is 2.32. The highest BCUT2D eigenvalue weighted by Gasteiger charge is 2.31. The molecule has 28 heavy (non-hydrogen) atoms. The van der Waals surface area contributed by atoms with Crippen LogP contribution in [0.15, 0.2) is 18.2 Å². The molecule has 4 rings (SSSR count). The minimum atomic E-state index is -4.37. The molecule has 0 radical (unpaired) electrons. The van der Waals surface area contributed by atoms with Crippen LogP contribution < -0.4 is 5.32 Å². The van der Waals surface area contributed by atoms with Crippen LogP contribution in [-0.4, -0.2) is 39.5 Å². The number of rotatable bonds is 5. The van der Waals surface area contributed by atoms with Crippen LogP contribution >= 0.6 is 0 Å². The van der Waals surface area contributed by atoms with Crippen LogP contribution in [0.3, 0.4) is 0 Å². The summed E-state index contributed by atoms with van der Waals surface area (Å²) in [5.74, 6) is 1.62. The molecule has 2 fully saturated rings. The van der Waals surface area contributed by atoms with E-state index in [0.717, 1.165) is 38.1 Å². The zero-order valence-corrected chi connectivity index (χ0v) is 15.9. The van der Waals surface area contributed by atoms with Crippen LogP contribution in [0.5, 0.6) is 0 Å². The van der Waals surface area contributed by atoms with Gasteiger partial charge in [0, 0.05) is 32.6 Å². The molecule has 152 valence electrons. The number of imidazole rings is 1. The first kappa shape index (κ1) is 19.2. The van der Waals surface area contributed by atoms with Crippen molar-refractivity contribution in [2.75, 3.05) is 13.1 Å². The number of nitrogens with zero attached hydrogens (tertiary/aromatic N) is 3. The van der Waals surface area contributed by atoms with E-state index in [1.807, 2.05) is 16.5 Å². The molecule has 1 amide bonds. The van der Waals surface area contributed by atoms with Gasteiger partial charge in [0.15, 0.2) is 0 Å². The monoisotopic (exact) mass is 394 g/mol. The van der Waals surface area contributed by atoms with Crippen LogP contribution in [0.2, 0.25) is 0 Å². The maximum absolute atomic E-state index is 12.9. The minimum Gasteiger partial charge on any atom is -0.342 e. The van der Waals surface area contributed by atoms with Gasteiger partial charge in [0.2, 0.25) is 5.91 Å². The third-order valence-corrected chi connectivity index (χ3v) is 5.83. The number of benzene rings is 1. The smallest absolute Gasteiger partial charge is 0.342 e. The summed E-state index contributed by atoms with van der Waals surface area (Å²) in [5.41, 5.74) is 0.341. The number of aryl methyl sites for hydroxylation is 1. The van der Waals surface area contributed by atoms with Gasteiger partial charge in [0.25, 0.3) is 0 Å². The van der Waals surface area contributed by atoms with E-state index in [4.69, 9.17) is 0 Å². The molecule has 1 N–H and O–H groups in total. The lowest BCUT2D eigenvalue weighted by atomic mass is 10.1. The van der Waals surface area contributed by atoms with E-state index in [2.05, 4.69) is 10.3 Å². The summed E-state index contributed by atoms with van der Waals surface area (Å²) < 4.78 is 40.6. The fourth-order valence-corrected chi connectivity index (χ4v) is 3.87. The Bertz CT molecular complexity index is 872. The Morgan fingerprint density at radius 3 is 2.71 bits per heavy atom. The van der Waals surface area contributed by atoms with Gasteiger partial charge < -0.3 is 14.8 Å². The number of amides is 1. The van der Waals surface area contributed by atoms with Gasteiger partial charge in [-0.1, -0.05) is 0 Å². The lowest BCUT2D eigenvalue weighted by Crippen LogP contribution is -2.33. The van der Waals surface area contributed by atoms with Crippen molar-refractivity contribution in [2.45, 2.75) is 50.9 Å². The van der Waals surface area contributed by atoms with Gasteiger partial charge in [0.05, 0.1) is 23.1 Å². The zero-order valence-electron chi connectivity index (χ0n) is 15.9. The van der Waals surface area contributed by atoms with Crippen LogP contribution in [0.25, 0.3) is 11.0 Å². The molecule has 1 unspecified atom stereocenters. The van der Waals surface area contributed by atoms with Crippen molar-refractivity contribution in [1.29, 1.82) is 0 Å². The van der Waals surface area contributed by atoms with Crippen molar-refractivity contribution in [3.05, 3.63) is 29.6 Å². The Morgan fingerprint density at radius 1 is 1.21 bits per heavy atom. The largest absolute Gasteiger partial charge is 0.416 e. The molecule has 1 saturated carbocycles. The predicted molar refractivity (Wildman–Crippen MR) is 99.5 cm³/mol. The Morgan fingerprint density at radius 2 is 2.00 bits per heavy atom. The highest BCUT2D eigenvalue weighted by molar-refractivity contribution is 5.77. The first-order chi connectivity index (χ1) is 13.3. The number of hydrogen-bond donors (Lipinski definition) is 1. The zero-order chi connectivity index (χ0) is 19.9. The second kappa shape index (κ2) is 7.39. The second-order valence-corrected chi connectivity index (χ2v) is 7.98. The topological polar surface area (TPSA) is 50.2 Å². The average Bonchev–Trinajstić information content (AvgIpc) is 3.43. The Balaban J connectivity index is 1.40. The summed E-state index contributed by atoms with van der Waals surface area (Å²) in [6, 6.07) is 3.86. The lowest BCUT2D eigenvalue weighted by Gasteiger charge is -2.20. The van der Waals surface area contributed by atoms with E-state index >= 15 is 0 Å². The molecule has 2 heterocycles. The molecule has 5 nitrogen and oxygen atoms in total. The minimum absolute atomic E-state index is 0.207. The average molecular weight is 394 g/mol. The second-order valence-electron chi connectivity index (χ2n) is 7.98. The Kier molecular flexibility index (Phi) is 5.07. The Hall–Kier alpha value is -2.09. The van der Waals surface area contributed by atoms with Crippen molar-refractivity contribution < 1.29 is 18.0 Å². The van der Waals surface area contributed by atoms with Gasteiger partial charge in [-0.2, -0.15) is 13.2 Å². The third-order valence-electron chi connectivity index (χ3n) is 5.83. The Labute approximate surface area is 161 Å². The molecular weight excluding hydrogens is 369 g/mol. The molecule has 1 saturated heterocycles. The summed E-state index contributed by atoms with van der Waals surface area (Å²) in [6.07, 6.45) is 0.302. The van der Waals surface area contributed by atoms with Crippen LogP contribution in [0.1, 0.15) is 43.5 Å². The molecule has 1 aromatic heterocycles.